The van der Waals surface area contributed by atoms with Gasteiger partial charge in [0.25, 0.3) is 0 Å². The Hall–Kier alpha value is -0.960. The minimum atomic E-state index is 0.381. The normalized spacial score (nSPS) is 18.9. The lowest BCUT2D eigenvalue weighted by Gasteiger charge is -2.46. The van der Waals surface area contributed by atoms with Gasteiger partial charge in [-0.3, -0.25) is 0 Å². The SMILES string of the molecule is CCC(CC)N1C=C(Br)CN(c2c(C)cc(C)cc2C)C1C. The van der Waals surface area contributed by atoms with Crippen molar-refractivity contribution in [3.63, 3.8) is 0 Å². The van der Waals surface area contributed by atoms with Crippen LogP contribution in [-0.2, 0) is 0 Å². The predicted molar refractivity (Wildman–Crippen MR) is 101 cm³/mol. The van der Waals surface area contributed by atoms with Crippen LogP contribution in [0.3, 0.4) is 0 Å². The summed E-state index contributed by atoms with van der Waals surface area (Å²) in [6, 6.07) is 5.18. The van der Waals surface area contributed by atoms with Gasteiger partial charge in [-0.25, -0.2) is 0 Å². The van der Waals surface area contributed by atoms with E-state index in [1.165, 1.54) is 39.7 Å². The minimum absolute atomic E-state index is 0.381. The van der Waals surface area contributed by atoms with Crippen molar-refractivity contribution in [2.24, 2.45) is 0 Å². The van der Waals surface area contributed by atoms with E-state index in [1.807, 2.05) is 0 Å². The zero-order chi connectivity index (χ0) is 16.4. The molecule has 0 aliphatic carbocycles. The first-order chi connectivity index (χ1) is 10.4. The van der Waals surface area contributed by atoms with E-state index in [0.29, 0.717) is 12.2 Å². The lowest BCUT2D eigenvalue weighted by molar-refractivity contribution is 0.191. The molecule has 0 saturated heterocycles. The fraction of sp³-hybridized carbons (Fsp3) is 0.579. The summed E-state index contributed by atoms with van der Waals surface area (Å²) >= 11 is 3.76. The van der Waals surface area contributed by atoms with E-state index in [1.54, 1.807) is 0 Å². The molecule has 0 N–H and O–H groups in total. The Bertz CT molecular complexity index is 538. The van der Waals surface area contributed by atoms with Crippen molar-refractivity contribution in [2.45, 2.75) is 66.6 Å². The zero-order valence-electron chi connectivity index (χ0n) is 14.8. The molecule has 0 saturated carbocycles. The van der Waals surface area contributed by atoms with Crippen LogP contribution in [-0.4, -0.2) is 23.7 Å². The summed E-state index contributed by atoms with van der Waals surface area (Å²) in [6.45, 7) is 14.5. The van der Waals surface area contributed by atoms with Crippen LogP contribution in [0, 0.1) is 20.8 Å². The molecule has 1 heterocycles. The van der Waals surface area contributed by atoms with Crippen molar-refractivity contribution in [1.82, 2.24) is 4.90 Å². The predicted octanol–water partition coefficient (Wildman–Crippen LogP) is 5.50. The monoisotopic (exact) mass is 364 g/mol. The van der Waals surface area contributed by atoms with Gasteiger partial charge in [-0.2, -0.15) is 0 Å². The molecular weight excluding hydrogens is 336 g/mol. The second kappa shape index (κ2) is 7.08. The lowest BCUT2D eigenvalue weighted by atomic mass is 10.0. The molecule has 1 aromatic rings. The number of aryl methyl sites for hydroxylation is 3. The molecule has 0 fully saturated rings. The average molecular weight is 365 g/mol. The molecule has 1 aliphatic rings. The average Bonchev–Trinajstić information content (AvgIpc) is 2.43. The maximum atomic E-state index is 3.76. The van der Waals surface area contributed by atoms with Crippen molar-refractivity contribution < 1.29 is 0 Å². The van der Waals surface area contributed by atoms with E-state index >= 15 is 0 Å². The van der Waals surface area contributed by atoms with Gasteiger partial charge in [0, 0.05) is 22.4 Å². The number of nitrogens with zero attached hydrogens (tertiary/aromatic N) is 2. The number of rotatable bonds is 4. The molecule has 1 aliphatic heterocycles. The third kappa shape index (κ3) is 3.34. The number of anilines is 1. The maximum absolute atomic E-state index is 3.76. The molecule has 2 nitrogen and oxygen atoms in total. The van der Waals surface area contributed by atoms with Crippen LogP contribution in [0.4, 0.5) is 5.69 Å². The van der Waals surface area contributed by atoms with Gasteiger partial charge in [0.2, 0.25) is 0 Å². The molecular formula is C19H29BrN2. The van der Waals surface area contributed by atoms with E-state index in [0.717, 1.165) is 6.54 Å². The molecule has 3 heteroatoms. The fourth-order valence-corrected chi connectivity index (χ4v) is 4.28. The van der Waals surface area contributed by atoms with E-state index in [9.17, 15) is 0 Å². The van der Waals surface area contributed by atoms with Gasteiger partial charge >= 0.3 is 0 Å². The van der Waals surface area contributed by atoms with E-state index in [2.05, 4.69) is 85.6 Å². The topological polar surface area (TPSA) is 6.48 Å². The summed E-state index contributed by atoms with van der Waals surface area (Å²) in [7, 11) is 0. The van der Waals surface area contributed by atoms with Crippen LogP contribution in [0.1, 0.15) is 50.3 Å². The van der Waals surface area contributed by atoms with Crippen LogP contribution < -0.4 is 4.90 Å². The molecule has 1 aromatic carbocycles. The van der Waals surface area contributed by atoms with Crippen molar-refractivity contribution in [3.05, 3.63) is 39.5 Å². The van der Waals surface area contributed by atoms with Crippen molar-refractivity contribution in [2.75, 3.05) is 11.4 Å². The highest BCUT2D eigenvalue weighted by Gasteiger charge is 2.29. The first kappa shape index (κ1) is 17.4. The summed E-state index contributed by atoms with van der Waals surface area (Å²) in [4.78, 5) is 5.05. The molecule has 22 heavy (non-hydrogen) atoms. The van der Waals surface area contributed by atoms with Gasteiger partial charge < -0.3 is 9.80 Å². The van der Waals surface area contributed by atoms with E-state index in [-0.39, 0.29) is 0 Å². The molecule has 122 valence electrons. The Morgan fingerprint density at radius 2 is 1.68 bits per heavy atom. The molecule has 0 aromatic heterocycles. The molecule has 2 rings (SSSR count). The van der Waals surface area contributed by atoms with Gasteiger partial charge in [0.15, 0.2) is 0 Å². The largest absolute Gasteiger partial charge is 0.354 e. The summed E-state index contributed by atoms with van der Waals surface area (Å²) < 4.78 is 1.26. The Morgan fingerprint density at radius 3 is 2.18 bits per heavy atom. The highest BCUT2D eigenvalue weighted by molar-refractivity contribution is 9.11. The Labute approximate surface area is 144 Å². The van der Waals surface area contributed by atoms with Crippen LogP contribution in [0.2, 0.25) is 0 Å². The van der Waals surface area contributed by atoms with Gasteiger partial charge in [-0.1, -0.05) is 47.5 Å². The molecule has 1 unspecified atom stereocenters. The third-order valence-corrected chi connectivity index (χ3v) is 5.24. The zero-order valence-corrected chi connectivity index (χ0v) is 16.4. The Kier molecular flexibility index (Phi) is 5.60. The summed E-state index contributed by atoms with van der Waals surface area (Å²) in [5.74, 6) is 0. The van der Waals surface area contributed by atoms with Gasteiger partial charge in [0.05, 0.1) is 12.7 Å². The molecule has 0 radical (unpaired) electrons. The molecule has 0 amide bonds. The van der Waals surface area contributed by atoms with E-state index < -0.39 is 0 Å². The molecule has 1 atom stereocenters. The van der Waals surface area contributed by atoms with Crippen LogP contribution in [0.15, 0.2) is 22.8 Å². The highest BCUT2D eigenvalue weighted by atomic mass is 79.9. The highest BCUT2D eigenvalue weighted by Crippen LogP contribution is 2.34. The first-order valence-electron chi connectivity index (χ1n) is 8.37. The minimum Gasteiger partial charge on any atom is -0.354 e. The Morgan fingerprint density at radius 1 is 1.14 bits per heavy atom. The Balaban J connectivity index is 2.43. The van der Waals surface area contributed by atoms with Crippen LogP contribution >= 0.6 is 15.9 Å². The summed E-state index contributed by atoms with van der Waals surface area (Å²) in [6.07, 6.45) is 5.04. The fourth-order valence-electron chi connectivity index (χ4n) is 3.78. The number of halogens is 1. The van der Waals surface area contributed by atoms with Gasteiger partial charge in [-0.05, 0) is 51.7 Å². The maximum Gasteiger partial charge on any atom is 0.0988 e. The van der Waals surface area contributed by atoms with Crippen LogP contribution in [0.25, 0.3) is 0 Å². The third-order valence-electron chi connectivity index (χ3n) is 4.78. The van der Waals surface area contributed by atoms with Gasteiger partial charge in [-0.15, -0.1) is 0 Å². The van der Waals surface area contributed by atoms with Crippen molar-refractivity contribution in [1.29, 1.82) is 0 Å². The number of hydrogen-bond donors (Lipinski definition) is 0. The number of hydrogen-bond acceptors (Lipinski definition) is 2. The van der Waals surface area contributed by atoms with E-state index in [4.69, 9.17) is 0 Å². The molecule has 0 bridgehead atoms. The standard InChI is InChI=1S/C19H29BrN2/c1-7-18(8-2)21-11-17(20)12-22(16(21)6)19-14(4)9-13(3)10-15(19)5/h9-11,16,18H,7-8,12H2,1-6H3. The lowest BCUT2D eigenvalue weighted by Crippen LogP contribution is -2.52. The van der Waals surface area contributed by atoms with Crippen molar-refractivity contribution >= 4 is 21.6 Å². The van der Waals surface area contributed by atoms with Crippen LogP contribution in [0.5, 0.6) is 0 Å². The quantitative estimate of drug-likeness (QED) is 0.695. The molecule has 0 spiro atoms. The summed E-state index contributed by atoms with van der Waals surface area (Å²) in [5.41, 5.74) is 5.47. The van der Waals surface area contributed by atoms with Gasteiger partial charge in [0.1, 0.15) is 0 Å². The smallest absolute Gasteiger partial charge is 0.0988 e. The van der Waals surface area contributed by atoms with Crippen molar-refractivity contribution in [3.8, 4) is 0 Å². The second-order valence-electron chi connectivity index (χ2n) is 6.50. The second-order valence-corrected chi connectivity index (χ2v) is 7.52. The number of benzene rings is 1. The first-order valence-corrected chi connectivity index (χ1v) is 9.16. The summed E-state index contributed by atoms with van der Waals surface area (Å²) in [5, 5.41) is 0.